The summed E-state index contributed by atoms with van der Waals surface area (Å²) < 4.78 is 0. The van der Waals surface area contributed by atoms with Crippen molar-refractivity contribution in [3.63, 3.8) is 0 Å². The largest absolute Gasteiger partial charge is 0.481 e. The fraction of sp³-hybridized carbons (Fsp3) is 0.429. The van der Waals surface area contributed by atoms with E-state index in [9.17, 15) is 19.7 Å². The maximum atomic E-state index is 12.0. The zero-order chi connectivity index (χ0) is 16.9. The number of carboxylic acid groups (broad SMARTS) is 1. The summed E-state index contributed by atoms with van der Waals surface area (Å²) >= 11 is 1.25. The predicted molar refractivity (Wildman–Crippen MR) is 82.8 cm³/mol. The van der Waals surface area contributed by atoms with Gasteiger partial charge in [0.15, 0.2) is 0 Å². The Labute approximate surface area is 132 Å². The molecule has 0 radical (unpaired) electrons. The van der Waals surface area contributed by atoms with Crippen LogP contribution in [0, 0.1) is 16.0 Å². The van der Waals surface area contributed by atoms with E-state index in [-0.39, 0.29) is 11.6 Å². The Bertz CT molecular complexity index is 561. The molecule has 0 saturated carbocycles. The van der Waals surface area contributed by atoms with E-state index in [0.717, 1.165) is 4.90 Å². The Morgan fingerprint density at radius 1 is 1.23 bits per heavy atom. The van der Waals surface area contributed by atoms with Gasteiger partial charge in [0.2, 0.25) is 5.91 Å². The van der Waals surface area contributed by atoms with Gasteiger partial charge in [-0.15, -0.1) is 11.8 Å². The number of carbonyl (C=O) groups is 2. The van der Waals surface area contributed by atoms with E-state index < -0.39 is 28.1 Å². The minimum absolute atomic E-state index is 0.00893. The van der Waals surface area contributed by atoms with E-state index in [0.29, 0.717) is 0 Å². The average Bonchev–Trinajstić information content (AvgIpc) is 2.46. The Balaban J connectivity index is 2.60. The van der Waals surface area contributed by atoms with Gasteiger partial charge in [0.1, 0.15) is 0 Å². The van der Waals surface area contributed by atoms with E-state index in [1.165, 1.54) is 30.8 Å². The molecule has 1 aromatic carbocycles. The molecule has 0 bridgehead atoms. The van der Waals surface area contributed by atoms with Crippen molar-refractivity contribution in [2.75, 3.05) is 0 Å². The number of hydrogen-bond acceptors (Lipinski definition) is 5. The van der Waals surface area contributed by atoms with Gasteiger partial charge < -0.3 is 10.4 Å². The lowest BCUT2D eigenvalue weighted by Gasteiger charge is -2.20. The van der Waals surface area contributed by atoms with Crippen molar-refractivity contribution in [2.24, 2.45) is 5.92 Å². The fourth-order valence-electron chi connectivity index (χ4n) is 1.58. The highest BCUT2D eigenvalue weighted by atomic mass is 32.2. The number of nitro groups is 1. The van der Waals surface area contributed by atoms with Crippen LogP contribution in [0.3, 0.4) is 0 Å². The Kier molecular flexibility index (Phi) is 6.36. The lowest BCUT2D eigenvalue weighted by molar-refractivity contribution is -0.384. The number of carboxylic acids is 1. The standard InChI is InChI=1S/C14H18N2O5S/c1-8(14(18)19)9(2)15-13(17)10(3)22-12-6-4-11(5-7-12)16(20)21/h4-10H,1-3H3,(H,15,17)(H,18,19). The van der Waals surface area contributed by atoms with Gasteiger partial charge in [-0.3, -0.25) is 19.7 Å². The molecule has 0 saturated heterocycles. The highest BCUT2D eigenvalue weighted by Gasteiger charge is 2.23. The van der Waals surface area contributed by atoms with Crippen molar-refractivity contribution in [1.82, 2.24) is 5.32 Å². The first kappa shape index (κ1) is 18.0. The molecular formula is C14H18N2O5S. The van der Waals surface area contributed by atoms with Gasteiger partial charge >= 0.3 is 5.97 Å². The van der Waals surface area contributed by atoms with Gasteiger partial charge in [0.25, 0.3) is 5.69 Å². The third kappa shape index (κ3) is 5.03. The molecule has 0 aromatic heterocycles. The second-order valence-electron chi connectivity index (χ2n) is 4.94. The number of hydrogen-bond donors (Lipinski definition) is 2. The number of amides is 1. The van der Waals surface area contributed by atoms with Crippen molar-refractivity contribution in [3.8, 4) is 0 Å². The minimum Gasteiger partial charge on any atom is -0.481 e. The molecule has 0 aliphatic carbocycles. The van der Waals surface area contributed by atoms with Gasteiger partial charge in [-0.05, 0) is 32.9 Å². The van der Waals surface area contributed by atoms with Crippen LogP contribution in [-0.4, -0.2) is 33.2 Å². The van der Waals surface area contributed by atoms with Crippen LogP contribution >= 0.6 is 11.8 Å². The Hall–Kier alpha value is -2.09. The molecule has 1 aromatic rings. The molecule has 1 amide bonds. The van der Waals surface area contributed by atoms with Gasteiger partial charge in [-0.2, -0.15) is 0 Å². The molecule has 8 heteroatoms. The van der Waals surface area contributed by atoms with Gasteiger partial charge in [-0.1, -0.05) is 0 Å². The number of thioether (sulfide) groups is 1. The van der Waals surface area contributed by atoms with Crippen LogP contribution in [0.2, 0.25) is 0 Å². The highest BCUT2D eigenvalue weighted by molar-refractivity contribution is 8.00. The number of benzene rings is 1. The molecule has 3 atom stereocenters. The molecule has 2 N–H and O–H groups in total. The van der Waals surface area contributed by atoms with Gasteiger partial charge in [0, 0.05) is 23.1 Å². The average molecular weight is 326 g/mol. The molecule has 7 nitrogen and oxygen atoms in total. The van der Waals surface area contributed by atoms with Gasteiger partial charge in [0.05, 0.1) is 16.1 Å². The second kappa shape index (κ2) is 7.79. The molecule has 1 rings (SSSR count). The SMILES string of the molecule is CC(Sc1ccc([N+](=O)[O-])cc1)C(=O)NC(C)C(C)C(=O)O. The molecule has 22 heavy (non-hydrogen) atoms. The number of nitro benzene ring substituents is 1. The lowest BCUT2D eigenvalue weighted by Crippen LogP contribution is -2.43. The van der Waals surface area contributed by atoms with Crippen LogP contribution in [0.25, 0.3) is 0 Å². The molecular weight excluding hydrogens is 308 g/mol. The zero-order valence-electron chi connectivity index (χ0n) is 12.5. The molecule has 0 fully saturated rings. The van der Waals surface area contributed by atoms with Crippen molar-refractivity contribution < 1.29 is 19.6 Å². The Morgan fingerprint density at radius 3 is 2.23 bits per heavy atom. The lowest BCUT2D eigenvalue weighted by atomic mass is 10.0. The van der Waals surface area contributed by atoms with Crippen molar-refractivity contribution in [1.29, 1.82) is 0 Å². The van der Waals surface area contributed by atoms with Crippen LogP contribution in [0.4, 0.5) is 5.69 Å². The van der Waals surface area contributed by atoms with Crippen LogP contribution in [-0.2, 0) is 9.59 Å². The molecule has 0 heterocycles. The number of aliphatic carboxylic acids is 1. The van der Waals surface area contributed by atoms with Crippen LogP contribution in [0.15, 0.2) is 29.2 Å². The molecule has 120 valence electrons. The Morgan fingerprint density at radius 2 is 1.77 bits per heavy atom. The van der Waals surface area contributed by atoms with E-state index in [2.05, 4.69) is 5.32 Å². The summed E-state index contributed by atoms with van der Waals surface area (Å²) in [6.45, 7) is 4.86. The van der Waals surface area contributed by atoms with Gasteiger partial charge in [-0.25, -0.2) is 0 Å². The van der Waals surface area contributed by atoms with Crippen molar-refractivity contribution in [3.05, 3.63) is 34.4 Å². The van der Waals surface area contributed by atoms with Crippen molar-refractivity contribution >= 4 is 29.3 Å². The maximum absolute atomic E-state index is 12.0. The summed E-state index contributed by atoms with van der Waals surface area (Å²) in [6, 6.07) is 5.43. The molecule has 0 aliphatic heterocycles. The number of non-ortho nitro benzene ring substituents is 1. The predicted octanol–water partition coefficient (Wildman–Crippen LogP) is 2.30. The van der Waals surface area contributed by atoms with E-state index >= 15 is 0 Å². The molecule has 0 spiro atoms. The number of carbonyl (C=O) groups excluding carboxylic acids is 1. The summed E-state index contributed by atoms with van der Waals surface area (Å²) in [5.41, 5.74) is -0.00893. The topological polar surface area (TPSA) is 110 Å². The summed E-state index contributed by atoms with van der Waals surface area (Å²) in [5, 5.41) is 21.7. The highest BCUT2D eigenvalue weighted by Crippen LogP contribution is 2.25. The summed E-state index contributed by atoms with van der Waals surface area (Å²) in [7, 11) is 0. The minimum atomic E-state index is -0.969. The fourth-order valence-corrected chi connectivity index (χ4v) is 2.46. The summed E-state index contributed by atoms with van der Waals surface area (Å²) in [5.74, 6) is -1.92. The normalized spacial score (nSPS) is 14.7. The monoisotopic (exact) mass is 326 g/mol. The summed E-state index contributed by atoms with van der Waals surface area (Å²) in [6.07, 6.45) is 0. The van der Waals surface area contributed by atoms with E-state index in [4.69, 9.17) is 5.11 Å². The van der Waals surface area contributed by atoms with Crippen LogP contribution < -0.4 is 5.32 Å². The summed E-state index contributed by atoms with van der Waals surface area (Å²) in [4.78, 5) is 33.7. The number of rotatable bonds is 7. The van der Waals surface area contributed by atoms with Crippen LogP contribution in [0.5, 0.6) is 0 Å². The maximum Gasteiger partial charge on any atom is 0.308 e. The second-order valence-corrected chi connectivity index (χ2v) is 6.35. The van der Waals surface area contributed by atoms with Crippen LogP contribution in [0.1, 0.15) is 20.8 Å². The third-order valence-electron chi connectivity index (χ3n) is 3.24. The zero-order valence-corrected chi connectivity index (χ0v) is 13.3. The first-order chi connectivity index (χ1) is 10.2. The number of nitrogens with zero attached hydrogens (tertiary/aromatic N) is 1. The first-order valence-electron chi connectivity index (χ1n) is 6.66. The molecule has 3 unspecified atom stereocenters. The quantitative estimate of drug-likeness (QED) is 0.452. The smallest absolute Gasteiger partial charge is 0.308 e. The van der Waals surface area contributed by atoms with Crippen molar-refractivity contribution in [2.45, 2.75) is 37.0 Å². The number of nitrogens with one attached hydrogen (secondary N) is 1. The van der Waals surface area contributed by atoms with E-state index in [1.54, 1.807) is 26.0 Å². The molecule has 0 aliphatic rings. The first-order valence-corrected chi connectivity index (χ1v) is 7.54. The van der Waals surface area contributed by atoms with E-state index in [1.807, 2.05) is 0 Å². The third-order valence-corrected chi connectivity index (χ3v) is 4.35.